The highest BCUT2D eigenvalue weighted by molar-refractivity contribution is 5.93. The molecule has 0 radical (unpaired) electrons. The maximum absolute atomic E-state index is 13.3. The van der Waals surface area contributed by atoms with Gasteiger partial charge in [-0.3, -0.25) is 9.69 Å². The molecule has 2 atom stereocenters. The summed E-state index contributed by atoms with van der Waals surface area (Å²) in [5.74, 6) is 0.251. The molecule has 2 fully saturated rings. The lowest BCUT2D eigenvalue weighted by Crippen LogP contribution is -2.52. The first kappa shape index (κ1) is 16.0. The van der Waals surface area contributed by atoms with Crippen LogP contribution in [0, 0.1) is 5.82 Å². The third-order valence-corrected chi connectivity index (χ3v) is 4.80. The van der Waals surface area contributed by atoms with Crippen LogP contribution in [0.2, 0.25) is 0 Å². The van der Waals surface area contributed by atoms with Crippen molar-refractivity contribution < 1.29 is 13.9 Å². The van der Waals surface area contributed by atoms with E-state index >= 15 is 0 Å². The minimum atomic E-state index is -0.295. The Morgan fingerprint density at radius 2 is 2.12 bits per heavy atom. The minimum absolute atomic E-state index is 0.0101. The van der Waals surface area contributed by atoms with E-state index in [2.05, 4.69) is 15.1 Å². The molecule has 0 aliphatic carbocycles. The van der Waals surface area contributed by atoms with Crippen LogP contribution in [0.3, 0.4) is 0 Å². The quantitative estimate of drug-likeness (QED) is 0.848. The van der Waals surface area contributed by atoms with Crippen LogP contribution >= 0.6 is 0 Å². The van der Waals surface area contributed by atoms with E-state index in [-0.39, 0.29) is 23.9 Å². The van der Waals surface area contributed by atoms with Crippen LogP contribution in [0.15, 0.2) is 42.7 Å². The number of piperazine rings is 1. The van der Waals surface area contributed by atoms with Gasteiger partial charge in [-0.15, -0.1) is 0 Å². The number of benzene rings is 1. The van der Waals surface area contributed by atoms with Crippen LogP contribution in [0.4, 0.5) is 4.39 Å². The molecular weight excluding hydrogens is 323 g/mol. The van der Waals surface area contributed by atoms with E-state index in [1.54, 1.807) is 18.2 Å². The van der Waals surface area contributed by atoms with Crippen molar-refractivity contribution in [2.75, 3.05) is 26.2 Å². The fraction of sp³-hybridized carbons (Fsp3) is 0.389. The van der Waals surface area contributed by atoms with Gasteiger partial charge in [-0.2, -0.15) is 10.2 Å². The summed E-state index contributed by atoms with van der Waals surface area (Å²) < 4.78 is 19.2. The van der Waals surface area contributed by atoms with Crippen molar-refractivity contribution in [2.45, 2.75) is 18.6 Å². The van der Waals surface area contributed by atoms with E-state index in [1.807, 2.05) is 4.90 Å². The summed E-state index contributed by atoms with van der Waals surface area (Å²) in [6, 6.07) is 8.19. The maximum atomic E-state index is 13.3. The lowest BCUT2D eigenvalue weighted by Gasteiger charge is -2.37. The number of aromatic nitrogens is 2. The van der Waals surface area contributed by atoms with Crippen LogP contribution in [0.1, 0.15) is 16.8 Å². The van der Waals surface area contributed by atoms with Gasteiger partial charge in [-0.05, 0) is 18.2 Å². The standard InChI is InChI=1S/C18H19FN4O2/c19-14-2-1-3-16(8-14)25-17-9-15-11-23(7-6-22(15)12-17)18(24)13-4-5-20-21-10-13/h1-5,8,10,15,17H,6-7,9,11-12H2/t15-,17+/m0/s1. The molecule has 4 rings (SSSR count). The second kappa shape index (κ2) is 6.76. The first-order valence-electron chi connectivity index (χ1n) is 8.41. The average molecular weight is 342 g/mol. The lowest BCUT2D eigenvalue weighted by atomic mass is 10.1. The van der Waals surface area contributed by atoms with E-state index in [0.717, 1.165) is 19.5 Å². The highest BCUT2D eigenvalue weighted by atomic mass is 19.1. The van der Waals surface area contributed by atoms with Crippen molar-refractivity contribution in [3.05, 3.63) is 54.1 Å². The Bertz CT molecular complexity index is 758. The maximum Gasteiger partial charge on any atom is 0.255 e. The summed E-state index contributed by atoms with van der Waals surface area (Å²) in [5, 5.41) is 7.48. The molecule has 0 bridgehead atoms. The number of nitrogens with zero attached hydrogens (tertiary/aromatic N) is 4. The SMILES string of the molecule is O=C(c1ccnnc1)N1CCN2C[C@H](Oc3cccc(F)c3)C[C@H]2C1. The molecule has 2 aliphatic heterocycles. The molecule has 1 aromatic heterocycles. The number of fused-ring (bicyclic) bond motifs is 1. The van der Waals surface area contributed by atoms with E-state index < -0.39 is 0 Å². The van der Waals surface area contributed by atoms with E-state index in [1.165, 1.54) is 24.5 Å². The molecule has 1 aromatic carbocycles. The van der Waals surface area contributed by atoms with Crippen molar-refractivity contribution in [1.82, 2.24) is 20.0 Å². The molecule has 0 unspecified atom stereocenters. The zero-order valence-electron chi connectivity index (χ0n) is 13.7. The number of amides is 1. The number of hydrogen-bond acceptors (Lipinski definition) is 5. The van der Waals surface area contributed by atoms with Crippen LogP contribution < -0.4 is 4.74 Å². The molecule has 130 valence electrons. The minimum Gasteiger partial charge on any atom is -0.489 e. The molecule has 0 N–H and O–H groups in total. The Morgan fingerprint density at radius 3 is 2.92 bits per heavy atom. The van der Waals surface area contributed by atoms with Crippen LogP contribution in [0.25, 0.3) is 0 Å². The van der Waals surface area contributed by atoms with Gasteiger partial charge >= 0.3 is 0 Å². The first-order chi connectivity index (χ1) is 12.2. The van der Waals surface area contributed by atoms with Crippen molar-refractivity contribution in [3.63, 3.8) is 0 Å². The molecule has 1 amide bonds. The fourth-order valence-corrected chi connectivity index (χ4v) is 3.60. The van der Waals surface area contributed by atoms with Gasteiger partial charge in [-0.25, -0.2) is 4.39 Å². The molecule has 2 saturated heterocycles. The number of carbonyl (C=O) groups excluding carboxylic acids is 1. The summed E-state index contributed by atoms with van der Waals surface area (Å²) in [5.41, 5.74) is 0.564. The third kappa shape index (κ3) is 3.46. The van der Waals surface area contributed by atoms with Gasteiger partial charge in [0.15, 0.2) is 0 Å². The van der Waals surface area contributed by atoms with Crippen molar-refractivity contribution in [1.29, 1.82) is 0 Å². The van der Waals surface area contributed by atoms with Crippen LogP contribution in [-0.4, -0.2) is 64.2 Å². The Morgan fingerprint density at radius 1 is 1.20 bits per heavy atom. The summed E-state index contributed by atoms with van der Waals surface area (Å²) in [4.78, 5) is 16.8. The third-order valence-electron chi connectivity index (χ3n) is 4.80. The van der Waals surface area contributed by atoms with Gasteiger partial charge in [0.25, 0.3) is 5.91 Å². The molecule has 0 spiro atoms. The molecule has 3 heterocycles. The lowest BCUT2D eigenvalue weighted by molar-refractivity contribution is 0.0569. The predicted octanol–water partition coefficient (Wildman–Crippen LogP) is 1.59. The topological polar surface area (TPSA) is 58.6 Å². The number of rotatable bonds is 3. The Balaban J connectivity index is 1.38. The molecule has 0 saturated carbocycles. The summed E-state index contributed by atoms with van der Waals surface area (Å²) >= 11 is 0. The average Bonchev–Trinajstić information content (AvgIpc) is 3.03. The summed E-state index contributed by atoms with van der Waals surface area (Å²) in [7, 11) is 0. The first-order valence-corrected chi connectivity index (χ1v) is 8.41. The normalized spacial score (nSPS) is 23.3. The van der Waals surface area contributed by atoms with Gasteiger partial charge in [0.1, 0.15) is 17.7 Å². The van der Waals surface area contributed by atoms with E-state index in [9.17, 15) is 9.18 Å². The zero-order chi connectivity index (χ0) is 17.2. The molecule has 2 aliphatic rings. The van der Waals surface area contributed by atoms with Crippen LogP contribution in [0.5, 0.6) is 5.75 Å². The van der Waals surface area contributed by atoms with Gasteiger partial charge in [0.05, 0.1) is 18.0 Å². The Kier molecular flexibility index (Phi) is 4.31. The zero-order valence-corrected chi connectivity index (χ0v) is 13.7. The van der Waals surface area contributed by atoms with E-state index in [4.69, 9.17) is 4.74 Å². The second-order valence-electron chi connectivity index (χ2n) is 6.46. The fourth-order valence-electron chi connectivity index (χ4n) is 3.60. The number of ether oxygens (including phenoxy) is 1. The smallest absolute Gasteiger partial charge is 0.255 e. The van der Waals surface area contributed by atoms with Crippen LogP contribution in [-0.2, 0) is 0 Å². The number of halogens is 1. The Hall–Kier alpha value is -2.54. The Labute approximate surface area is 145 Å². The number of carbonyl (C=O) groups is 1. The van der Waals surface area contributed by atoms with Gasteiger partial charge < -0.3 is 9.64 Å². The molecule has 25 heavy (non-hydrogen) atoms. The second-order valence-corrected chi connectivity index (χ2v) is 6.46. The summed E-state index contributed by atoms with van der Waals surface area (Å²) in [6.45, 7) is 2.98. The molecular formula is C18H19FN4O2. The van der Waals surface area contributed by atoms with Gasteiger partial charge in [-0.1, -0.05) is 6.07 Å². The largest absolute Gasteiger partial charge is 0.489 e. The monoisotopic (exact) mass is 342 g/mol. The van der Waals surface area contributed by atoms with Crippen molar-refractivity contribution in [2.24, 2.45) is 0 Å². The van der Waals surface area contributed by atoms with Crippen molar-refractivity contribution >= 4 is 5.91 Å². The van der Waals surface area contributed by atoms with Gasteiger partial charge in [0.2, 0.25) is 0 Å². The van der Waals surface area contributed by atoms with Crippen molar-refractivity contribution in [3.8, 4) is 5.75 Å². The highest BCUT2D eigenvalue weighted by Gasteiger charge is 2.38. The molecule has 6 nitrogen and oxygen atoms in total. The molecule has 7 heteroatoms. The highest BCUT2D eigenvalue weighted by Crippen LogP contribution is 2.26. The predicted molar refractivity (Wildman–Crippen MR) is 88.7 cm³/mol. The van der Waals surface area contributed by atoms with Gasteiger partial charge in [0, 0.05) is 44.7 Å². The summed E-state index contributed by atoms with van der Waals surface area (Å²) in [6.07, 6.45) is 3.88. The van der Waals surface area contributed by atoms with E-state index in [0.29, 0.717) is 24.4 Å². The number of hydrogen-bond donors (Lipinski definition) is 0. The molecule has 2 aromatic rings.